The van der Waals surface area contributed by atoms with Crippen molar-refractivity contribution in [1.29, 1.82) is 0 Å². The van der Waals surface area contributed by atoms with E-state index < -0.39 is 53.2 Å². The van der Waals surface area contributed by atoms with Crippen molar-refractivity contribution in [2.24, 2.45) is 11.8 Å². The molecule has 3 fully saturated rings. The monoisotopic (exact) mass is 623 g/mol. The smallest absolute Gasteiger partial charge is 0.313 e. The number of amides is 3. The molecule has 3 heterocycles. The number of nitrogens with zero attached hydrogens (tertiary/aromatic N) is 2. The lowest BCUT2D eigenvalue weighted by molar-refractivity contribution is -0.162. The molecule has 1 aromatic carbocycles. The summed E-state index contributed by atoms with van der Waals surface area (Å²) in [5.74, 6) is -3.09. The van der Waals surface area contributed by atoms with Crippen LogP contribution in [0.3, 0.4) is 0 Å². The second kappa shape index (κ2) is 14.3. The quantitative estimate of drug-likeness (QED) is 0.173. The van der Waals surface area contributed by atoms with Crippen LogP contribution in [0.15, 0.2) is 55.6 Å². The predicted molar refractivity (Wildman–Crippen MR) is 170 cm³/mol. The van der Waals surface area contributed by atoms with E-state index in [2.05, 4.69) is 18.5 Å². The Bertz CT molecular complexity index is 1260. The maximum atomic E-state index is 14.4. The summed E-state index contributed by atoms with van der Waals surface area (Å²) in [5, 5.41) is 12.4. The summed E-state index contributed by atoms with van der Waals surface area (Å²) < 4.78 is 12.8. The summed E-state index contributed by atoms with van der Waals surface area (Å²) in [6.45, 7) is 15.6. The van der Waals surface area contributed by atoms with Gasteiger partial charge in [-0.2, -0.15) is 0 Å². The number of esters is 1. The first kappa shape index (κ1) is 34.4. The van der Waals surface area contributed by atoms with Crippen molar-refractivity contribution in [1.82, 2.24) is 15.1 Å². The highest BCUT2D eigenvalue weighted by atomic mass is 16.6. The van der Waals surface area contributed by atoms with Crippen LogP contribution in [0.4, 0.5) is 0 Å². The number of fused-ring (bicyclic) bond motifs is 1. The number of aliphatic hydroxyl groups excluding tert-OH is 1. The highest BCUT2D eigenvalue weighted by molar-refractivity contribution is 5.98. The van der Waals surface area contributed by atoms with Gasteiger partial charge in [0.1, 0.15) is 17.7 Å². The zero-order valence-electron chi connectivity index (χ0n) is 27.1. The van der Waals surface area contributed by atoms with Gasteiger partial charge < -0.3 is 29.7 Å². The SMILES string of the molecule is C=CCCC(=O)N[C@H](C)[C@@H](OC(=O)[C@@H]1[C@H]2C(=O)N(CCCCO)[C@H](C(=O)N(CC=C)C(C)(C)C)[C@]23CC[C@H]1O3)c1ccccc1. The van der Waals surface area contributed by atoms with Crippen LogP contribution in [0.1, 0.15) is 77.9 Å². The summed E-state index contributed by atoms with van der Waals surface area (Å²) >= 11 is 0. The maximum absolute atomic E-state index is 14.4. The average Bonchev–Trinajstić information content (AvgIpc) is 3.64. The minimum Gasteiger partial charge on any atom is -0.455 e. The van der Waals surface area contributed by atoms with E-state index in [-0.39, 0.29) is 37.3 Å². The molecule has 3 aliphatic heterocycles. The van der Waals surface area contributed by atoms with Gasteiger partial charge in [-0.1, -0.05) is 42.5 Å². The van der Waals surface area contributed by atoms with E-state index in [0.717, 1.165) is 0 Å². The molecule has 2 bridgehead atoms. The van der Waals surface area contributed by atoms with Gasteiger partial charge in [-0.25, -0.2) is 0 Å². The minimum atomic E-state index is -1.17. The van der Waals surface area contributed by atoms with Crippen molar-refractivity contribution >= 4 is 23.7 Å². The zero-order chi connectivity index (χ0) is 32.9. The van der Waals surface area contributed by atoms with Crippen LogP contribution < -0.4 is 5.32 Å². The van der Waals surface area contributed by atoms with Gasteiger partial charge in [0.15, 0.2) is 0 Å². The Kier molecular flexibility index (Phi) is 10.9. The number of likely N-dealkylation sites (tertiary alicyclic amines) is 1. The third-order valence-electron chi connectivity index (χ3n) is 9.29. The number of carbonyl (C=O) groups excluding carboxylic acids is 4. The summed E-state index contributed by atoms with van der Waals surface area (Å²) in [4.78, 5) is 58.7. The Labute approximate surface area is 266 Å². The first-order chi connectivity index (χ1) is 21.4. The molecule has 0 saturated carbocycles. The molecule has 1 spiro atoms. The molecule has 0 unspecified atom stereocenters. The van der Waals surface area contributed by atoms with Crippen LogP contribution in [-0.2, 0) is 28.7 Å². The lowest BCUT2D eigenvalue weighted by atomic mass is 9.70. The van der Waals surface area contributed by atoms with Gasteiger partial charge in [0.2, 0.25) is 17.7 Å². The van der Waals surface area contributed by atoms with E-state index in [0.29, 0.717) is 44.2 Å². The van der Waals surface area contributed by atoms with Crippen LogP contribution in [-0.4, -0.2) is 87.6 Å². The number of rotatable bonds is 15. The first-order valence-electron chi connectivity index (χ1n) is 16.1. The van der Waals surface area contributed by atoms with Crippen LogP contribution in [0.25, 0.3) is 0 Å². The average molecular weight is 624 g/mol. The fourth-order valence-electron chi connectivity index (χ4n) is 7.25. The Balaban J connectivity index is 1.66. The molecule has 4 rings (SSSR count). The van der Waals surface area contributed by atoms with Crippen LogP contribution in [0.2, 0.25) is 0 Å². The molecule has 3 aliphatic rings. The third-order valence-corrected chi connectivity index (χ3v) is 9.29. The highest BCUT2D eigenvalue weighted by Crippen LogP contribution is 2.59. The molecule has 246 valence electrons. The number of aliphatic hydroxyl groups is 1. The van der Waals surface area contributed by atoms with Crippen molar-refractivity contribution in [2.45, 2.75) is 102 Å². The first-order valence-corrected chi connectivity index (χ1v) is 16.1. The van der Waals surface area contributed by atoms with Crippen molar-refractivity contribution in [3.05, 3.63) is 61.2 Å². The van der Waals surface area contributed by atoms with Gasteiger partial charge in [-0.05, 0) is 65.4 Å². The molecular formula is C35H49N3O7. The largest absolute Gasteiger partial charge is 0.455 e. The number of benzene rings is 1. The van der Waals surface area contributed by atoms with E-state index in [1.807, 2.05) is 51.1 Å². The molecule has 3 amide bonds. The topological polar surface area (TPSA) is 125 Å². The molecule has 2 N–H and O–H groups in total. The molecule has 1 aromatic rings. The lowest BCUT2D eigenvalue weighted by Gasteiger charge is -2.42. The molecule has 0 aromatic heterocycles. The number of nitrogens with one attached hydrogen (secondary N) is 1. The van der Waals surface area contributed by atoms with Gasteiger partial charge >= 0.3 is 5.97 Å². The van der Waals surface area contributed by atoms with Gasteiger partial charge in [0.25, 0.3) is 0 Å². The van der Waals surface area contributed by atoms with Crippen molar-refractivity contribution in [3.63, 3.8) is 0 Å². The van der Waals surface area contributed by atoms with E-state index >= 15 is 0 Å². The van der Waals surface area contributed by atoms with E-state index in [4.69, 9.17) is 9.47 Å². The molecule has 10 heteroatoms. The second-order valence-corrected chi connectivity index (χ2v) is 13.4. The fourth-order valence-corrected chi connectivity index (χ4v) is 7.25. The maximum Gasteiger partial charge on any atom is 0.313 e. The number of hydrogen-bond donors (Lipinski definition) is 2. The van der Waals surface area contributed by atoms with Crippen LogP contribution in [0.5, 0.6) is 0 Å². The Morgan fingerprint density at radius 3 is 2.53 bits per heavy atom. The Hall–Kier alpha value is -3.50. The number of ether oxygens (including phenoxy) is 2. The van der Waals surface area contributed by atoms with Crippen molar-refractivity contribution in [2.75, 3.05) is 19.7 Å². The molecule has 0 aliphatic carbocycles. The van der Waals surface area contributed by atoms with Gasteiger partial charge in [-0.3, -0.25) is 19.2 Å². The standard InChI is InChI=1S/C35H49N3O7/c1-7-9-17-26(40)36-23(3)29(24-15-11-10-12-16-24)44-33(43)27-25-18-19-35(45-25)28(27)31(41)37(21-13-14-22-39)30(35)32(42)38(20-8-2)34(4,5)6/h7-8,10-12,15-16,23,25,27-30,39H,1-2,9,13-14,17-22H2,3-6H3,(H,36,40)/t23-,25-,27+,28+,29-,30-,35+/m1/s1. The fraction of sp³-hybridized carbons (Fsp3) is 0.600. The van der Waals surface area contributed by atoms with Crippen molar-refractivity contribution in [3.8, 4) is 0 Å². The summed E-state index contributed by atoms with van der Waals surface area (Å²) in [6.07, 6.45) is 4.71. The lowest BCUT2D eigenvalue weighted by Crippen LogP contribution is -2.59. The summed E-state index contributed by atoms with van der Waals surface area (Å²) in [5.41, 5.74) is -1.01. The predicted octanol–water partition coefficient (Wildman–Crippen LogP) is 3.70. The number of carbonyl (C=O) groups is 4. The Morgan fingerprint density at radius 2 is 1.91 bits per heavy atom. The summed E-state index contributed by atoms with van der Waals surface area (Å²) in [7, 11) is 0. The molecule has 3 saturated heterocycles. The second-order valence-electron chi connectivity index (χ2n) is 13.4. The van der Waals surface area contributed by atoms with Crippen LogP contribution in [0, 0.1) is 11.8 Å². The normalized spacial score (nSPS) is 26.6. The van der Waals surface area contributed by atoms with E-state index in [1.165, 1.54) is 0 Å². The minimum absolute atomic E-state index is 0.0312. The molecule has 10 nitrogen and oxygen atoms in total. The number of hydrogen-bond acceptors (Lipinski definition) is 7. The van der Waals surface area contributed by atoms with E-state index in [9.17, 15) is 24.3 Å². The van der Waals surface area contributed by atoms with E-state index in [1.54, 1.807) is 28.9 Å². The van der Waals surface area contributed by atoms with Gasteiger partial charge in [0, 0.05) is 31.7 Å². The molecule has 45 heavy (non-hydrogen) atoms. The highest BCUT2D eigenvalue weighted by Gasteiger charge is 2.75. The molecule has 0 radical (unpaired) electrons. The summed E-state index contributed by atoms with van der Waals surface area (Å²) in [6, 6.07) is 7.74. The Morgan fingerprint density at radius 1 is 1.20 bits per heavy atom. The zero-order valence-corrected chi connectivity index (χ0v) is 27.1. The van der Waals surface area contributed by atoms with Gasteiger partial charge in [-0.15, -0.1) is 13.2 Å². The van der Waals surface area contributed by atoms with Crippen LogP contribution >= 0.6 is 0 Å². The van der Waals surface area contributed by atoms with Crippen molar-refractivity contribution < 1.29 is 33.8 Å². The number of allylic oxidation sites excluding steroid dienone is 1. The third kappa shape index (κ3) is 6.87. The molecule has 7 atom stereocenters. The number of unbranched alkanes of at least 4 members (excludes halogenated alkanes) is 1. The van der Waals surface area contributed by atoms with Gasteiger partial charge in [0.05, 0.1) is 24.0 Å². The molecular weight excluding hydrogens is 574 g/mol.